The Morgan fingerprint density at radius 1 is 1.33 bits per heavy atom. The number of amides is 1. The van der Waals surface area contributed by atoms with Gasteiger partial charge in [-0.2, -0.15) is 0 Å². The SMILES string of the molecule is CCSc1ccccc1NC(=O)c1cc(N)c(C)c(F)c1. The Bertz CT molecular complexity index is 650. The van der Waals surface area contributed by atoms with Crippen LogP contribution in [0.3, 0.4) is 0 Å². The minimum Gasteiger partial charge on any atom is -0.398 e. The molecule has 0 fully saturated rings. The summed E-state index contributed by atoms with van der Waals surface area (Å²) >= 11 is 1.63. The van der Waals surface area contributed by atoms with Crippen LogP contribution in [0, 0.1) is 12.7 Å². The number of rotatable bonds is 4. The standard InChI is InChI=1S/C16H17FN2OS/c1-3-21-15-7-5-4-6-14(15)19-16(20)11-8-12(17)10(2)13(18)9-11/h4-9H,3,18H2,1-2H3,(H,19,20). The Hall–Kier alpha value is -2.01. The van der Waals surface area contributed by atoms with Crippen LogP contribution in [0.1, 0.15) is 22.8 Å². The largest absolute Gasteiger partial charge is 0.398 e. The van der Waals surface area contributed by atoms with Gasteiger partial charge in [0.2, 0.25) is 0 Å². The lowest BCUT2D eigenvalue weighted by atomic mass is 10.1. The van der Waals surface area contributed by atoms with Crippen LogP contribution in [0.15, 0.2) is 41.3 Å². The molecular weight excluding hydrogens is 287 g/mol. The van der Waals surface area contributed by atoms with Gasteiger partial charge in [0.25, 0.3) is 5.91 Å². The van der Waals surface area contributed by atoms with Crippen LogP contribution in [0.2, 0.25) is 0 Å². The van der Waals surface area contributed by atoms with Crippen LogP contribution >= 0.6 is 11.8 Å². The van der Waals surface area contributed by atoms with E-state index < -0.39 is 5.82 Å². The number of benzene rings is 2. The Labute approximate surface area is 127 Å². The third-order valence-electron chi connectivity index (χ3n) is 3.08. The number of hydrogen-bond donors (Lipinski definition) is 2. The van der Waals surface area contributed by atoms with Gasteiger partial charge in [0, 0.05) is 21.7 Å². The van der Waals surface area contributed by atoms with Crippen molar-refractivity contribution in [3.05, 3.63) is 53.3 Å². The molecule has 21 heavy (non-hydrogen) atoms. The molecule has 2 aromatic rings. The second-order valence-electron chi connectivity index (χ2n) is 4.56. The molecule has 0 saturated heterocycles. The van der Waals surface area contributed by atoms with Crippen molar-refractivity contribution < 1.29 is 9.18 Å². The third-order valence-corrected chi connectivity index (χ3v) is 4.04. The second kappa shape index (κ2) is 6.63. The van der Waals surface area contributed by atoms with Crippen molar-refractivity contribution in [1.82, 2.24) is 0 Å². The number of halogens is 1. The predicted molar refractivity (Wildman–Crippen MR) is 86.3 cm³/mol. The number of thioether (sulfide) groups is 1. The highest BCUT2D eigenvalue weighted by molar-refractivity contribution is 7.99. The van der Waals surface area contributed by atoms with Crippen molar-refractivity contribution in [2.75, 3.05) is 16.8 Å². The number of carbonyl (C=O) groups excluding carboxylic acids is 1. The summed E-state index contributed by atoms with van der Waals surface area (Å²) in [6.45, 7) is 3.62. The zero-order chi connectivity index (χ0) is 15.4. The van der Waals surface area contributed by atoms with E-state index in [9.17, 15) is 9.18 Å². The van der Waals surface area contributed by atoms with Crippen LogP contribution in [-0.2, 0) is 0 Å². The molecule has 2 aromatic carbocycles. The lowest BCUT2D eigenvalue weighted by Crippen LogP contribution is -2.13. The summed E-state index contributed by atoms with van der Waals surface area (Å²) in [6, 6.07) is 10.2. The number of hydrogen-bond acceptors (Lipinski definition) is 3. The van der Waals surface area contributed by atoms with Crippen molar-refractivity contribution in [2.24, 2.45) is 0 Å². The molecule has 0 radical (unpaired) electrons. The summed E-state index contributed by atoms with van der Waals surface area (Å²) in [7, 11) is 0. The zero-order valence-corrected chi connectivity index (χ0v) is 12.8. The lowest BCUT2D eigenvalue weighted by Gasteiger charge is -2.11. The van der Waals surface area contributed by atoms with E-state index in [1.807, 2.05) is 31.2 Å². The van der Waals surface area contributed by atoms with Crippen molar-refractivity contribution in [1.29, 1.82) is 0 Å². The van der Waals surface area contributed by atoms with Crippen molar-refractivity contribution in [3.63, 3.8) is 0 Å². The highest BCUT2D eigenvalue weighted by Gasteiger charge is 2.12. The summed E-state index contributed by atoms with van der Waals surface area (Å²) in [6.07, 6.45) is 0. The van der Waals surface area contributed by atoms with Gasteiger partial charge in [-0.1, -0.05) is 19.1 Å². The van der Waals surface area contributed by atoms with Gasteiger partial charge in [-0.3, -0.25) is 4.79 Å². The molecule has 0 bridgehead atoms. The molecule has 0 aliphatic heterocycles. The van der Waals surface area contributed by atoms with Crippen molar-refractivity contribution >= 4 is 29.0 Å². The topological polar surface area (TPSA) is 55.1 Å². The molecule has 3 nitrogen and oxygen atoms in total. The van der Waals surface area contributed by atoms with Gasteiger partial charge in [0.1, 0.15) is 5.82 Å². The zero-order valence-electron chi connectivity index (χ0n) is 11.9. The molecule has 0 aliphatic rings. The molecule has 5 heteroatoms. The van der Waals surface area contributed by atoms with Gasteiger partial charge in [-0.05, 0) is 36.9 Å². The van der Waals surface area contributed by atoms with Crippen LogP contribution in [0.4, 0.5) is 15.8 Å². The number of nitrogen functional groups attached to an aromatic ring is 1. The number of para-hydroxylation sites is 1. The van der Waals surface area contributed by atoms with Gasteiger partial charge in [-0.15, -0.1) is 11.8 Å². The first-order valence-corrected chi connectivity index (χ1v) is 7.60. The molecule has 3 N–H and O–H groups in total. The monoisotopic (exact) mass is 304 g/mol. The maximum absolute atomic E-state index is 13.7. The quantitative estimate of drug-likeness (QED) is 0.661. The maximum atomic E-state index is 13.7. The molecule has 0 saturated carbocycles. The summed E-state index contributed by atoms with van der Waals surface area (Å²) < 4.78 is 13.7. The Morgan fingerprint density at radius 2 is 2.05 bits per heavy atom. The van der Waals surface area contributed by atoms with E-state index in [0.29, 0.717) is 11.3 Å². The van der Waals surface area contributed by atoms with E-state index in [1.165, 1.54) is 12.1 Å². The molecule has 0 atom stereocenters. The Morgan fingerprint density at radius 3 is 2.71 bits per heavy atom. The van der Waals surface area contributed by atoms with Crippen LogP contribution in [0.5, 0.6) is 0 Å². The predicted octanol–water partition coefficient (Wildman–Crippen LogP) is 4.08. The molecule has 0 aliphatic carbocycles. The molecule has 110 valence electrons. The van der Waals surface area contributed by atoms with Gasteiger partial charge in [0.05, 0.1) is 5.69 Å². The van der Waals surface area contributed by atoms with E-state index in [1.54, 1.807) is 18.7 Å². The maximum Gasteiger partial charge on any atom is 0.255 e. The fourth-order valence-electron chi connectivity index (χ4n) is 1.88. The minimum atomic E-state index is -0.476. The van der Waals surface area contributed by atoms with Gasteiger partial charge < -0.3 is 11.1 Å². The normalized spacial score (nSPS) is 10.4. The summed E-state index contributed by atoms with van der Waals surface area (Å²) in [4.78, 5) is 13.2. The lowest BCUT2D eigenvalue weighted by molar-refractivity contribution is 0.102. The van der Waals surface area contributed by atoms with Gasteiger partial charge >= 0.3 is 0 Å². The van der Waals surface area contributed by atoms with Gasteiger partial charge in [-0.25, -0.2) is 4.39 Å². The Kier molecular flexibility index (Phi) is 4.85. The van der Waals surface area contributed by atoms with Gasteiger partial charge in [0.15, 0.2) is 0 Å². The third kappa shape index (κ3) is 3.55. The van der Waals surface area contributed by atoms with E-state index in [0.717, 1.165) is 10.6 Å². The summed E-state index contributed by atoms with van der Waals surface area (Å²) in [5, 5.41) is 2.80. The molecule has 0 unspecified atom stereocenters. The first-order chi connectivity index (χ1) is 10.0. The first kappa shape index (κ1) is 15.4. The highest BCUT2D eigenvalue weighted by atomic mass is 32.2. The fourth-order valence-corrected chi connectivity index (χ4v) is 2.64. The Balaban J connectivity index is 2.26. The number of nitrogens with two attached hydrogens (primary N) is 1. The summed E-state index contributed by atoms with van der Waals surface area (Å²) in [5.41, 5.74) is 7.27. The number of carbonyl (C=O) groups is 1. The smallest absolute Gasteiger partial charge is 0.255 e. The first-order valence-electron chi connectivity index (χ1n) is 6.61. The van der Waals surface area contributed by atoms with Crippen molar-refractivity contribution in [3.8, 4) is 0 Å². The average Bonchev–Trinajstić information content (AvgIpc) is 2.46. The molecule has 0 aromatic heterocycles. The van der Waals surface area contributed by atoms with Crippen LogP contribution in [-0.4, -0.2) is 11.7 Å². The molecule has 0 spiro atoms. The van der Waals surface area contributed by atoms with E-state index >= 15 is 0 Å². The molecule has 2 rings (SSSR count). The van der Waals surface area contributed by atoms with E-state index in [2.05, 4.69) is 5.32 Å². The highest BCUT2D eigenvalue weighted by Crippen LogP contribution is 2.27. The molecule has 1 amide bonds. The summed E-state index contributed by atoms with van der Waals surface area (Å²) in [5.74, 6) is 0.0556. The van der Waals surface area contributed by atoms with Crippen LogP contribution < -0.4 is 11.1 Å². The minimum absolute atomic E-state index is 0.215. The van der Waals surface area contributed by atoms with E-state index in [4.69, 9.17) is 5.73 Å². The number of anilines is 2. The van der Waals surface area contributed by atoms with Crippen LogP contribution in [0.25, 0.3) is 0 Å². The molecule has 0 heterocycles. The number of nitrogens with one attached hydrogen (secondary N) is 1. The molecular formula is C16H17FN2OS. The van der Waals surface area contributed by atoms with Crippen molar-refractivity contribution in [2.45, 2.75) is 18.7 Å². The second-order valence-corrected chi connectivity index (χ2v) is 5.86. The van der Waals surface area contributed by atoms with E-state index in [-0.39, 0.29) is 17.2 Å². The average molecular weight is 304 g/mol. The fraction of sp³-hybridized carbons (Fsp3) is 0.188.